The number of carboxylic acids is 1. The molecule has 21 heavy (non-hydrogen) atoms. The second kappa shape index (κ2) is 5.72. The van der Waals surface area contributed by atoms with Gasteiger partial charge >= 0.3 is 5.97 Å². The molecule has 5 heteroatoms. The molecule has 2 aliphatic heterocycles. The van der Waals surface area contributed by atoms with Crippen molar-refractivity contribution < 1.29 is 14.7 Å². The van der Waals surface area contributed by atoms with E-state index in [2.05, 4.69) is 0 Å². The molecular formula is C16H19NO3S. The maximum absolute atomic E-state index is 12.8. The maximum Gasteiger partial charge on any atom is 0.308 e. The highest BCUT2D eigenvalue weighted by Crippen LogP contribution is 2.42. The third-order valence-electron chi connectivity index (χ3n) is 4.57. The van der Waals surface area contributed by atoms with Crippen molar-refractivity contribution in [3.8, 4) is 0 Å². The van der Waals surface area contributed by atoms with Crippen molar-refractivity contribution in [3.63, 3.8) is 0 Å². The van der Waals surface area contributed by atoms with Crippen LogP contribution in [0.4, 0.5) is 0 Å². The van der Waals surface area contributed by atoms with Gasteiger partial charge in [0.05, 0.1) is 5.92 Å². The van der Waals surface area contributed by atoms with Crippen LogP contribution in [0.25, 0.3) is 0 Å². The number of carbonyl (C=O) groups excluding carboxylic acids is 1. The van der Waals surface area contributed by atoms with E-state index >= 15 is 0 Å². The Morgan fingerprint density at radius 3 is 2.86 bits per heavy atom. The number of amides is 1. The van der Waals surface area contributed by atoms with Crippen LogP contribution in [0, 0.1) is 5.92 Å². The minimum absolute atomic E-state index is 0.00537. The van der Waals surface area contributed by atoms with Gasteiger partial charge in [0.15, 0.2) is 0 Å². The van der Waals surface area contributed by atoms with Crippen LogP contribution < -0.4 is 0 Å². The minimum atomic E-state index is -0.767. The van der Waals surface area contributed by atoms with Crippen molar-refractivity contribution in [2.24, 2.45) is 5.92 Å². The molecule has 1 N–H and O–H groups in total. The van der Waals surface area contributed by atoms with Gasteiger partial charge in [-0.15, -0.1) is 0 Å². The first-order chi connectivity index (χ1) is 10.1. The molecule has 4 nitrogen and oxygen atoms in total. The first kappa shape index (κ1) is 14.4. The lowest BCUT2D eigenvalue weighted by atomic mass is 9.89. The zero-order valence-corrected chi connectivity index (χ0v) is 12.8. The highest BCUT2D eigenvalue weighted by molar-refractivity contribution is 7.97. The Bertz CT molecular complexity index is 574. The summed E-state index contributed by atoms with van der Waals surface area (Å²) in [6, 6.07) is 7.68. The fraction of sp³-hybridized carbons (Fsp3) is 0.500. The lowest BCUT2D eigenvalue weighted by Crippen LogP contribution is -2.37. The summed E-state index contributed by atoms with van der Waals surface area (Å²) < 4.78 is 0. The number of rotatable bonds is 4. The summed E-state index contributed by atoms with van der Waals surface area (Å²) in [5.74, 6) is -0.279. The normalized spacial score (nSPS) is 27.1. The van der Waals surface area contributed by atoms with Gasteiger partial charge in [0, 0.05) is 23.4 Å². The molecule has 1 aromatic carbocycles. The third kappa shape index (κ3) is 2.55. The van der Waals surface area contributed by atoms with Gasteiger partial charge in [-0.1, -0.05) is 12.1 Å². The first-order valence-corrected chi connectivity index (χ1v) is 8.64. The predicted octanol–water partition coefficient (Wildman–Crippen LogP) is 2.63. The Kier molecular flexibility index (Phi) is 3.93. The topological polar surface area (TPSA) is 57.6 Å². The monoisotopic (exact) mass is 305 g/mol. The molecule has 3 unspecified atom stereocenters. The molecule has 0 saturated carbocycles. The molecule has 2 saturated heterocycles. The number of aliphatic carboxylic acids is 1. The van der Waals surface area contributed by atoms with Gasteiger partial charge in [-0.05, 0) is 43.2 Å². The van der Waals surface area contributed by atoms with Crippen LogP contribution in [0.5, 0.6) is 0 Å². The fourth-order valence-electron chi connectivity index (χ4n) is 3.68. The average molecular weight is 305 g/mol. The Hall–Kier alpha value is -1.49. The van der Waals surface area contributed by atoms with E-state index in [1.54, 1.807) is 11.8 Å². The van der Waals surface area contributed by atoms with E-state index in [1.165, 1.54) is 0 Å². The van der Waals surface area contributed by atoms with Gasteiger partial charge in [0.1, 0.15) is 0 Å². The Morgan fingerprint density at radius 1 is 1.38 bits per heavy atom. The Morgan fingerprint density at radius 2 is 2.19 bits per heavy atom. The number of benzene rings is 1. The molecule has 1 aromatic rings. The molecule has 2 bridgehead atoms. The second-order valence-electron chi connectivity index (χ2n) is 5.82. The zero-order valence-electron chi connectivity index (χ0n) is 12.0. The number of fused-ring (bicyclic) bond motifs is 2. The summed E-state index contributed by atoms with van der Waals surface area (Å²) in [5.41, 5.74) is 1.82. The van der Waals surface area contributed by atoms with Crippen LogP contribution in [-0.4, -0.2) is 40.2 Å². The lowest BCUT2D eigenvalue weighted by molar-refractivity contribution is -0.142. The quantitative estimate of drug-likeness (QED) is 0.929. The van der Waals surface area contributed by atoms with E-state index in [0.717, 1.165) is 24.2 Å². The van der Waals surface area contributed by atoms with Crippen molar-refractivity contribution in [3.05, 3.63) is 35.4 Å². The summed E-state index contributed by atoms with van der Waals surface area (Å²) in [5, 5.41) is 9.28. The average Bonchev–Trinajstić information content (AvgIpc) is 3.05. The van der Waals surface area contributed by atoms with Crippen LogP contribution >= 0.6 is 11.8 Å². The van der Waals surface area contributed by atoms with Crippen LogP contribution in [0.3, 0.4) is 0 Å². The third-order valence-corrected chi connectivity index (χ3v) is 5.20. The van der Waals surface area contributed by atoms with Gasteiger partial charge in [0.2, 0.25) is 0 Å². The highest BCUT2D eigenvalue weighted by Gasteiger charge is 2.51. The minimum Gasteiger partial charge on any atom is -0.481 e. The van der Waals surface area contributed by atoms with Crippen LogP contribution in [-0.2, 0) is 10.5 Å². The molecule has 3 rings (SSSR count). The molecule has 1 amide bonds. The van der Waals surface area contributed by atoms with E-state index in [4.69, 9.17) is 0 Å². The molecule has 0 aromatic heterocycles. The maximum atomic E-state index is 12.8. The second-order valence-corrected chi connectivity index (χ2v) is 6.69. The van der Waals surface area contributed by atoms with Gasteiger partial charge < -0.3 is 10.0 Å². The number of hydrogen-bond acceptors (Lipinski definition) is 3. The number of nitrogens with zero attached hydrogens (tertiary/aromatic N) is 1. The Labute approximate surface area is 128 Å². The van der Waals surface area contributed by atoms with Crippen LogP contribution in [0.2, 0.25) is 0 Å². The van der Waals surface area contributed by atoms with Crippen LogP contribution in [0.15, 0.2) is 24.3 Å². The SMILES string of the molecule is CSCc1cccc(C(=O)N2C3CCC2C(C(=O)O)C3)c1. The molecule has 2 fully saturated rings. The van der Waals surface area contributed by atoms with Crippen molar-refractivity contribution in [1.29, 1.82) is 0 Å². The predicted molar refractivity (Wildman–Crippen MR) is 82.4 cm³/mol. The number of thioether (sulfide) groups is 1. The summed E-state index contributed by atoms with van der Waals surface area (Å²) in [6.07, 6.45) is 4.39. The van der Waals surface area contributed by atoms with E-state index in [9.17, 15) is 14.7 Å². The van der Waals surface area contributed by atoms with Gasteiger partial charge in [-0.2, -0.15) is 11.8 Å². The van der Waals surface area contributed by atoms with Gasteiger partial charge in [-0.3, -0.25) is 9.59 Å². The van der Waals surface area contributed by atoms with Crippen molar-refractivity contribution >= 4 is 23.6 Å². The molecule has 112 valence electrons. The number of carbonyl (C=O) groups is 2. The molecule has 0 radical (unpaired) electrons. The van der Waals surface area contributed by atoms with Gasteiger partial charge in [0.25, 0.3) is 5.91 Å². The largest absolute Gasteiger partial charge is 0.481 e. The standard InChI is InChI=1S/C16H19NO3S/c1-21-9-10-3-2-4-11(7-10)15(18)17-12-5-6-14(17)13(8-12)16(19)20/h2-4,7,12-14H,5-6,8-9H2,1H3,(H,19,20). The first-order valence-electron chi connectivity index (χ1n) is 7.25. The lowest BCUT2D eigenvalue weighted by Gasteiger charge is -2.23. The van der Waals surface area contributed by atoms with E-state index in [0.29, 0.717) is 12.0 Å². The van der Waals surface area contributed by atoms with Crippen molar-refractivity contribution in [2.45, 2.75) is 37.1 Å². The summed E-state index contributed by atoms with van der Waals surface area (Å²) >= 11 is 1.72. The number of hydrogen-bond donors (Lipinski definition) is 1. The van der Waals surface area contributed by atoms with Crippen molar-refractivity contribution in [1.82, 2.24) is 4.90 Å². The number of carboxylic acid groups (broad SMARTS) is 1. The summed E-state index contributed by atoms with van der Waals surface area (Å²) in [4.78, 5) is 25.9. The van der Waals surface area contributed by atoms with Crippen LogP contribution in [0.1, 0.15) is 35.2 Å². The molecular weight excluding hydrogens is 286 g/mol. The van der Waals surface area contributed by atoms with Gasteiger partial charge in [-0.25, -0.2) is 0 Å². The van der Waals surface area contributed by atoms with E-state index in [-0.39, 0.29) is 23.9 Å². The fourth-order valence-corrected chi connectivity index (χ4v) is 4.19. The molecule has 3 atom stereocenters. The summed E-state index contributed by atoms with van der Waals surface area (Å²) in [7, 11) is 0. The molecule has 0 spiro atoms. The molecule has 2 aliphatic rings. The summed E-state index contributed by atoms with van der Waals surface area (Å²) in [6.45, 7) is 0. The Balaban J connectivity index is 1.83. The zero-order chi connectivity index (χ0) is 15.0. The van der Waals surface area contributed by atoms with E-state index < -0.39 is 5.97 Å². The smallest absolute Gasteiger partial charge is 0.308 e. The van der Waals surface area contributed by atoms with E-state index in [1.807, 2.05) is 35.4 Å². The van der Waals surface area contributed by atoms with Crippen molar-refractivity contribution in [2.75, 3.05) is 6.26 Å². The highest BCUT2D eigenvalue weighted by atomic mass is 32.2. The molecule has 2 heterocycles. The molecule has 0 aliphatic carbocycles.